The lowest BCUT2D eigenvalue weighted by atomic mass is 10.0. The standard InChI is InChI=1S/C7H13S/c1-8-7-5-3-2-4-6-7/h2-6H2,1H3. The lowest BCUT2D eigenvalue weighted by Gasteiger charge is -2.17. The van der Waals surface area contributed by atoms with Crippen LogP contribution in [0.1, 0.15) is 32.1 Å². The summed E-state index contributed by atoms with van der Waals surface area (Å²) in [7, 11) is 0. The van der Waals surface area contributed by atoms with Gasteiger partial charge in [0.25, 0.3) is 0 Å². The molecule has 0 heterocycles. The van der Waals surface area contributed by atoms with Gasteiger partial charge in [0.15, 0.2) is 0 Å². The summed E-state index contributed by atoms with van der Waals surface area (Å²) in [5.41, 5.74) is 0. The highest BCUT2D eigenvalue weighted by Gasteiger charge is 2.11. The van der Waals surface area contributed by atoms with Gasteiger partial charge < -0.3 is 0 Å². The Morgan fingerprint density at radius 2 is 1.75 bits per heavy atom. The summed E-state index contributed by atoms with van der Waals surface area (Å²) < 4.78 is 0. The first-order chi connectivity index (χ1) is 3.93. The average Bonchev–Trinajstić information content (AvgIpc) is 1.90. The molecule has 1 rings (SSSR count). The zero-order valence-corrected chi connectivity index (χ0v) is 6.26. The maximum absolute atomic E-state index is 2.20. The van der Waals surface area contributed by atoms with Gasteiger partial charge in [0.1, 0.15) is 0 Å². The van der Waals surface area contributed by atoms with E-state index in [1.807, 2.05) is 11.8 Å². The molecule has 1 radical (unpaired) electrons. The molecule has 0 aromatic rings. The molecule has 47 valence electrons. The molecule has 1 heteroatoms. The van der Waals surface area contributed by atoms with E-state index >= 15 is 0 Å². The Balaban J connectivity index is 2.13. The van der Waals surface area contributed by atoms with Crippen LogP contribution in [-0.2, 0) is 0 Å². The summed E-state index contributed by atoms with van der Waals surface area (Å²) in [6, 6.07) is 0. The fourth-order valence-electron chi connectivity index (χ4n) is 1.15. The Labute approximate surface area is 56.0 Å². The summed E-state index contributed by atoms with van der Waals surface area (Å²) in [5.74, 6) is 0. The largest absolute Gasteiger partial charge is 0.157 e. The third-order valence-electron chi connectivity index (χ3n) is 1.70. The quantitative estimate of drug-likeness (QED) is 0.524. The molecule has 0 atom stereocenters. The number of rotatable bonds is 1. The predicted octanol–water partition coefficient (Wildman–Crippen LogP) is 2.85. The van der Waals surface area contributed by atoms with Crippen molar-refractivity contribution in [3.05, 3.63) is 5.25 Å². The van der Waals surface area contributed by atoms with Crippen molar-refractivity contribution in [3.63, 3.8) is 0 Å². The van der Waals surface area contributed by atoms with Crippen molar-refractivity contribution in [2.45, 2.75) is 32.1 Å². The Morgan fingerprint density at radius 3 is 2.12 bits per heavy atom. The number of thioether (sulfide) groups is 1. The summed E-state index contributed by atoms with van der Waals surface area (Å²) >= 11 is 1.96. The van der Waals surface area contributed by atoms with Crippen LogP contribution in [0.5, 0.6) is 0 Å². The van der Waals surface area contributed by atoms with Crippen LogP contribution in [0.3, 0.4) is 0 Å². The zero-order valence-electron chi connectivity index (χ0n) is 5.44. The lowest BCUT2D eigenvalue weighted by Crippen LogP contribution is -1.98. The zero-order chi connectivity index (χ0) is 5.82. The van der Waals surface area contributed by atoms with E-state index in [0.717, 1.165) is 0 Å². The van der Waals surface area contributed by atoms with Gasteiger partial charge in [0, 0.05) is 5.25 Å². The maximum Gasteiger partial charge on any atom is 0.0303 e. The van der Waals surface area contributed by atoms with Gasteiger partial charge in [-0.1, -0.05) is 19.3 Å². The van der Waals surface area contributed by atoms with Gasteiger partial charge in [-0.3, -0.25) is 0 Å². The SMILES string of the molecule is CS[C]1CCCCC1. The van der Waals surface area contributed by atoms with E-state index in [4.69, 9.17) is 0 Å². The summed E-state index contributed by atoms with van der Waals surface area (Å²) in [6.07, 6.45) is 9.32. The Morgan fingerprint density at radius 1 is 1.12 bits per heavy atom. The van der Waals surface area contributed by atoms with Gasteiger partial charge in [-0.2, -0.15) is 11.8 Å². The molecule has 0 bridgehead atoms. The van der Waals surface area contributed by atoms with Crippen molar-refractivity contribution in [3.8, 4) is 0 Å². The van der Waals surface area contributed by atoms with Crippen LogP contribution >= 0.6 is 11.8 Å². The minimum absolute atomic E-state index is 1.39. The molecule has 1 fully saturated rings. The van der Waals surface area contributed by atoms with E-state index in [1.54, 1.807) is 5.25 Å². The molecule has 1 saturated carbocycles. The Bertz CT molecular complexity index is 55.4. The fraction of sp³-hybridized carbons (Fsp3) is 0.857. The van der Waals surface area contributed by atoms with E-state index in [0.29, 0.717) is 0 Å². The normalized spacial score (nSPS) is 23.6. The molecule has 1 aliphatic carbocycles. The summed E-state index contributed by atoms with van der Waals surface area (Å²) in [6.45, 7) is 0. The molecule has 1 aliphatic rings. The minimum Gasteiger partial charge on any atom is -0.157 e. The molecule has 8 heavy (non-hydrogen) atoms. The molecule has 0 saturated heterocycles. The van der Waals surface area contributed by atoms with E-state index in [1.165, 1.54) is 32.1 Å². The van der Waals surface area contributed by atoms with Crippen molar-refractivity contribution in [2.75, 3.05) is 6.26 Å². The molecule has 0 spiro atoms. The van der Waals surface area contributed by atoms with Crippen LogP contribution in [0.2, 0.25) is 0 Å². The molecular formula is C7H13S. The second kappa shape index (κ2) is 3.39. The molecule has 0 nitrogen and oxygen atoms in total. The van der Waals surface area contributed by atoms with Gasteiger partial charge in [0.2, 0.25) is 0 Å². The van der Waals surface area contributed by atoms with Gasteiger partial charge in [-0.25, -0.2) is 0 Å². The third-order valence-corrected chi connectivity index (χ3v) is 2.69. The van der Waals surface area contributed by atoms with Gasteiger partial charge in [-0.05, 0) is 19.1 Å². The third kappa shape index (κ3) is 1.70. The summed E-state index contributed by atoms with van der Waals surface area (Å²) in [4.78, 5) is 0. The smallest absolute Gasteiger partial charge is 0.0303 e. The first kappa shape index (κ1) is 6.47. The molecule has 0 aromatic heterocycles. The molecular weight excluding hydrogens is 116 g/mol. The van der Waals surface area contributed by atoms with Crippen molar-refractivity contribution in [2.24, 2.45) is 0 Å². The summed E-state index contributed by atoms with van der Waals surface area (Å²) in [5, 5.41) is 1.72. The van der Waals surface area contributed by atoms with Crippen LogP contribution in [-0.4, -0.2) is 6.26 Å². The topological polar surface area (TPSA) is 0 Å². The van der Waals surface area contributed by atoms with E-state index in [-0.39, 0.29) is 0 Å². The van der Waals surface area contributed by atoms with Gasteiger partial charge in [0.05, 0.1) is 0 Å². The Kier molecular flexibility index (Phi) is 2.74. The predicted molar refractivity (Wildman–Crippen MR) is 39.8 cm³/mol. The highest BCUT2D eigenvalue weighted by atomic mass is 32.2. The molecule has 0 unspecified atom stereocenters. The maximum atomic E-state index is 2.20. The van der Waals surface area contributed by atoms with Crippen molar-refractivity contribution in [1.82, 2.24) is 0 Å². The fourth-order valence-corrected chi connectivity index (χ4v) is 1.85. The van der Waals surface area contributed by atoms with Crippen LogP contribution in [0.4, 0.5) is 0 Å². The monoisotopic (exact) mass is 129 g/mol. The van der Waals surface area contributed by atoms with Gasteiger partial charge in [-0.15, -0.1) is 0 Å². The lowest BCUT2D eigenvalue weighted by molar-refractivity contribution is 0.579. The van der Waals surface area contributed by atoms with E-state index < -0.39 is 0 Å². The second-order valence-electron chi connectivity index (χ2n) is 2.30. The molecule has 0 amide bonds. The van der Waals surface area contributed by atoms with Crippen molar-refractivity contribution < 1.29 is 0 Å². The van der Waals surface area contributed by atoms with Crippen molar-refractivity contribution in [1.29, 1.82) is 0 Å². The minimum atomic E-state index is 1.39. The molecule has 0 aliphatic heterocycles. The average molecular weight is 129 g/mol. The Hall–Kier alpha value is 0.350. The highest BCUT2D eigenvalue weighted by molar-refractivity contribution is 8.01. The van der Waals surface area contributed by atoms with E-state index in [2.05, 4.69) is 6.26 Å². The first-order valence-corrected chi connectivity index (χ1v) is 4.54. The highest BCUT2D eigenvalue weighted by Crippen LogP contribution is 2.32. The van der Waals surface area contributed by atoms with E-state index in [9.17, 15) is 0 Å². The number of hydrogen-bond donors (Lipinski definition) is 0. The van der Waals surface area contributed by atoms with Crippen LogP contribution in [0.25, 0.3) is 0 Å². The second-order valence-corrected chi connectivity index (χ2v) is 3.29. The van der Waals surface area contributed by atoms with Gasteiger partial charge >= 0.3 is 0 Å². The number of hydrogen-bond acceptors (Lipinski definition) is 1. The molecule has 0 aromatic carbocycles. The van der Waals surface area contributed by atoms with Crippen LogP contribution in [0.15, 0.2) is 0 Å². The molecule has 0 N–H and O–H groups in total. The van der Waals surface area contributed by atoms with Crippen LogP contribution in [0, 0.1) is 5.25 Å². The van der Waals surface area contributed by atoms with Crippen molar-refractivity contribution >= 4 is 11.8 Å². The first-order valence-electron chi connectivity index (χ1n) is 3.32. The van der Waals surface area contributed by atoms with Crippen LogP contribution < -0.4 is 0 Å².